The summed E-state index contributed by atoms with van der Waals surface area (Å²) in [5.41, 5.74) is 0.976. The van der Waals surface area contributed by atoms with Gasteiger partial charge in [-0.05, 0) is 48.4 Å². The molecule has 3 heterocycles. The van der Waals surface area contributed by atoms with Crippen LogP contribution >= 0.6 is 50.5 Å². The van der Waals surface area contributed by atoms with E-state index in [1.54, 1.807) is 12.1 Å². The average Bonchev–Trinajstić information content (AvgIpc) is 3.50. The van der Waals surface area contributed by atoms with Crippen molar-refractivity contribution < 1.29 is 24.3 Å². The molecule has 1 aromatic carbocycles. The number of imide groups is 2. The Morgan fingerprint density at radius 1 is 1.11 bits per heavy atom. The molecular weight excluding hydrogens is 603 g/mol. The van der Waals surface area contributed by atoms with Gasteiger partial charge >= 0.3 is 0 Å². The number of carbonyl (C=O) groups excluding carboxylic acids is 4. The molecule has 37 heavy (non-hydrogen) atoms. The molecule has 2 aromatic rings. The number of phenolic OH excluding ortho intramolecular Hbond substituents is 1. The van der Waals surface area contributed by atoms with Crippen LogP contribution in [-0.2, 0) is 25.7 Å². The van der Waals surface area contributed by atoms with Crippen molar-refractivity contribution in [2.24, 2.45) is 17.8 Å². The lowest BCUT2D eigenvalue weighted by Gasteiger charge is -2.50. The zero-order chi connectivity index (χ0) is 26.4. The molecule has 0 unspecified atom stereocenters. The van der Waals surface area contributed by atoms with Gasteiger partial charge in [-0.25, -0.2) is 0 Å². The fourth-order valence-electron chi connectivity index (χ4n) is 6.63. The van der Waals surface area contributed by atoms with Gasteiger partial charge in [0.1, 0.15) is 5.75 Å². The van der Waals surface area contributed by atoms with Crippen LogP contribution in [0.1, 0.15) is 29.2 Å². The van der Waals surface area contributed by atoms with Gasteiger partial charge in [0, 0.05) is 27.9 Å². The van der Waals surface area contributed by atoms with Crippen molar-refractivity contribution in [3.63, 3.8) is 0 Å². The normalized spacial score (nSPS) is 35.0. The highest BCUT2D eigenvalue weighted by molar-refractivity contribution is 9.10. The minimum absolute atomic E-state index is 0.0723. The molecular formula is C26H21BrCl2N2O5S. The van der Waals surface area contributed by atoms with Crippen LogP contribution in [0.4, 0.5) is 0 Å². The van der Waals surface area contributed by atoms with Crippen molar-refractivity contribution in [3.8, 4) is 5.75 Å². The van der Waals surface area contributed by atoms with Gasteiger partial charge in [0.25, 0.3) is 11.8 Å². The zero-order valence-corrected chi connectivity index (χ0v) is 23.4. The van der Waals surface area contributed by atoms with Gasteiger partial charge in [-0.3, -0.25) is 29.0 Å². The van der Waals surface area contributed by atoms with Gasteiger partial charge in [-0.1, -0.05) is 33.6 Å². The van der Waals surface area contributed by atoms with E-state index in [1.165, 1.54) is 29.4 Å². The van der Waals surface area contributed by atoms with Gasteiger partial charge < -0.3 is 5.11 Å². The van der Waals surface area contributed by atoms with Crippen LogP contribution in [-0.4, -0.2) is 55.3 Å². The summed E-state index contributed by atoms with van der Waals surface area (Å²) in [5, 5.41) is 12.8. The topological polar surface area (TPSA) is 95.0 Å². The Morgan fingerprint density at radius 3 is 2.57 bits per heavy atom. The lowest BCUT2D eigenvalue weighted by molar-refractivity contribution is -0.141. The van der Waals surface area contributed by atoms with Crippen molar-refractivity contribution in [2.45, 2.75) is 35.1 Å². The van der Waals surface area contributed by atoms with Gasteiger partial charge in [0.15, 0.2) is 9.75 Å². The maximum absolute atomic E-state index is 13.8. The molecule has 4 amide bonds. The number of carbonyl (C=O) groups is 4. The quantitative estimate of drug-likeness (QED) is 0.311. The van der Waals surface area contributed by atoms with Crippen LogP contribution in [0.15, 0.2) is 51.8 Å². The molecule has 6 atom stereocenters. The molecule has 2 aliphatic carbocycles. The van der Waals surface area contributed by atoms with E-state index >= 15 is 0 Å². The Kier molecular flexibility index (Phi) is 5.70. The Morgan fingerprint density at radius 2 is 1.86 bits per heavy atom. The molecule has 1 saturated carbocycles. The maximum Gasteiger partial charge on any atom is 0.253 e. The van der Waals surface area contributed by atoms with E-state index in [9.17, 15) is 24.3 Å². The Hall–Kier alpha value is -2.20. The summed E-state index contributed by atoms with van der Waals surface area (Å²) in [6.45, 7) is 0.186. The number of phenols is 1. The lowest BCUT2D eigenvalue weighted by Crippen LogP contribution is -2.60. The highest BCUT2D eigenvalue weighted by Crippen LogP contribution is 2.66. The zero-order valence-electron chi connectivity index (χ0n) is 19.5. The number of hydrogen-bond acceptors (Lipinski definition) is 6. The Labute approximate surface area is 235 Å². The first-order valence-electron chi connectivity index (χ1n) is 11.8. The van der Waals surface area contributed by atoms with Crippen LogP contribution < -0.4 is 0 Å². The molecule has 3 fully saturated rings. The number of likely N-dealkylation sites (tertiary alicyclic amines) is 2. The first-order valence-corrected chi connectivity index (χ1v) is 14.2. The van der Waals surface area contributed by atoms with Gasteiger partial charge in [0.05, 0.1) is 18.4 Å². The van der Waals surface area contributed by atoms with E-state index in [0.717, 1.165) is 9.78 Å². The largest absolute Gasteiger partial charge is 0.508 e. The van der Waals surface area contributed by atoms with Crippen molar-refractivity contribution in [1.82, 2.24) is 9.80 Å². The molecule has 1 N–H and O–H groups in total. The predicted octanol–water partition coefficient (Wildman–Crippen LogP) is 4.41. The molecule has 4 aliphatic rings. The fourth-order valence-corrected chi connectivity index (χ4v) is 8.71. The number of rotatable bonds is 3. The van der Waals surface area contributed by atoms with Gasteiger partial charge in [-0.2, -0.15) is 0 Å². The number of allylic oxidation sites excluding steroid dienone is 2. The number of nitrogens with zero attached hydrogens (tertiary/aromatic N) is 2. The molecule has 0 radical (unpaired) electrons. The monoisotopic (exact) mass is 622 g/mol. The second-order valence-corrected chi connectivity index (χ2v) is 13.2. The van der Waals surface area contributed by atoms with Crippen molar-refractivity contribution in [1.29, 1.82) is 0 Å². The van der Waals surface area contributed by atoms with Crippen molar-refractivity contribution >= 4 is 74.1 Å². The van der Waals surface area contributed by atoms with E-state index in [0.29, 0.717) is 15.6 Å². The SMILES string of the molecule is CN1C(=O)[C@]2(Cl)C[C@@H]3C(=CC[C@@H]4C(=O)N(Cc5cccs5)C(=O)[C@@H]43)[C@H](c3cc(Br)ccc3O)[C@]2(Cl)C1=O. The average molecular weight is 624 g/mol. The number of aromatic hydroxyl groups is 1. The first kappa shape index (κ1) is 25.1. The second kappa shape index (κ2) is 8.40. The van der Waals surface area contributed by atoms with Gasteiger partial charge in [0.2, 0.25) is 11.8 Å². The molecule has 6 rings (SSSR count). The molecule has 1 aromatic heterocycles. The molecule has 7 nitrogen and oxygen atoms in total. The second-order valence-electron chi connectivity index (χ2n) is 10.0. The van der Waals surface area contributed by atoms with Crippen LogP contribution in [0.25, 0.3) is 0 Å². The Balaban J connectivity index is 1.51. The highest BCUT2D eigenvalue weighted by atomic mass is 79.9. The van der Waals surface area contributed by atoms with E-state index in [4.69, 9.17) is 23.2 Å². The molecule has 2 saturated heterocycles. The van der Waals surface area contributed by atoms with Crippen molar-refractivity contribution in [3.05, 3.63) is 62.3 Å². The summed E-state index contributed by atoms with van der Waals surface area (Å²) in [6, 6.07) is 8.51. The smallest absolute Gasteiger partial charge is 0.253 e. The summed E-state index contributed by atoms with van der Waals surface area (Å²) in [7, 11) is 1.34. The summed E-state index contributed by atoms with van der Waals surface area (Å²) < 4.78 is 0.636. The predicted molar refractivity (Wildman–Crippen MR) is 141 cm³/mol. The van der Waals surface area contributed by atoms with Crippen LogP contribution in [0, 0.1) is 17.8 Å². The third-order valence-electron chi connectivity index (χ3n) is 8.30. The molecule has 11 heteroatoms. The minimum atomic E-state index is -1.92. The fraction of sp³-hybridized carbons (Fsp3) is 0.385. The summed E-state index contributed by atoms with van der Waals surface area (Å²) >= 11 is 19.1. The molecule has 192 valence electrons. The van der Waals surface area contributed by atoms with E-state index in [-0.39, 0.29) is 37.0 Å². The molecule has 0 spiro atoms. The summed E-state index contributed by atoms with van der Waals surface area (Å²) in [4.78, 5) is 53.5. The van der Waals surface area contributed by atoms with E-state index in [1.807, 2.05) is 23.6 Å². The minimum Gasteiger partial charge on any atom is -0.508 e. The van der Waals surface area contributed by atoms with E-state index < -0.39 is 45.2 Å². The van der Waals surface area contributed by atoms with Crippen molar-refractivity contribution in [2.75, 3.05) is 7.05 Å². The number of fused-ring (bicyclic) bond motifs is 4. The third kappa shape index (κ3) is 3.23. The Bertz CT molecular complexity index is 1410. The highest BCUT2D eigenvalue weighted by Gasteiger charge is 2.76. The standard InChI is InChI=1S/C26H21BrCl2N2O5S/c1-30-23(35)25(28)10-17-14(20(26(25,29)24(30)36)16-9-12(27)4-7-18(16)32)5-6-15-19(17)22(34)31(21(15)33)11-13-3-2-8-37-13/h2-5,7-9,15,17,19-20,32H,6,10-11H2,1H3/t15-,17+,19-,20+,25+,26-/m0/s1. The number of thiophene rings is 1. The van der Waals surface area contributed by atoms with Crippen LogP contribution in [0.5, 0.6) is 5.75 Å². The number of benzene rings is 1. The number of hydrogen-bond donors (Lipinski definition) is 1. The van der Waals surface area contributed by atoms with Crippen LogP contribution in [0.3, 0.4) is 0 Å². The van der Waals surface area contributed by atoms with Crippen LogP contribution in [0.2, 0.25) is 0 Å². The number of alkyl halides is 2. The maximum atomic E-state index is 13.8. The first-order chi connectivity index (χ1) is 17.5. The third-order valence-corrected chi connectivity index (χ3v) is 11.1. The summed E-state index contributed by atoms with van der Waals surface area (Å²) in [5.74, 6) is -4.92. The van der Waals surface area contributed by atoms with E-state index in [2.05, 4.69) is 15.9 Å². The molecule has 0 bridgehead atoms. The summed E-state index contributed by atoms with van der Waals surface area (Å²) in [6.07, 6.45) is 2.07. The number of amides is 4. The molecule has 2 aliphatic heterocycles. The number of halogens is 3. The lowest BCUT2D eigenvalue weighted by atomic mass is 9.56. The van der Waals surface area contributed by atoms with Gasteiger partial charge in [-0.15, -0.1) is 34.5 Å².